The van der Waals surface area contributed by atoms with Gasteiger partial charge < -0.3 is 10.4 Å². The van der Waals surface area contributed by atoms with Gasteiger partial charge in [0.2, 0.25) is 0 Å². The van der Waals surface area contributed by atoms with Gasteiger partial charge >= 0.3 is 0 Å². The maximum Gasteiger partial charge on any atom is 0.0436 e. The molecule has 1 atom stereocenters. The summed E-state index contributed by atoms with van der Waals surface area (Å²) in [6.07, 6.45) is 8.84. The molecular formula is C13H27NO. The highest BCUT2D eigenvalue weighted by atomic mass is 16.3. The van der Waals surface area contributed by atoms with Gasteiger partial charge in [0.05, 0.1) is 0 Å². The summed E-state index contributed by atoms with van der Waals surface area (Å²) in [7, 11) is 0. The van der Waals surface area contributed by atoms with Crippen LogP contribution in [0.1, 0.15) is 58.8 Å². The lowest BCUT2D eigenvalue weighted by Crippen LogP contribution is -2.43. The van der Waals surface area contributed by atoms with E-state index in [0.717, 1.165) is 13.0 Å². The molecule has 15 heavy (non-hydrogen) atoms. The van der Waals surface area contributed by atoms with Crippen molar-refractivity contribution in [2.75, 3.05) is 13.2 Å². The number of unbranched alkanes of at least 4 members (excludes halogenated alkanes) is 1. The molecule has 0 radical (unpaired) electrons. The van der Waals surface area contributed by atoms with Crippen LogP contribution in [-0.2, 0) is 0 Å². The van der Waals surface area contributed by atoms with Crippen molar-refractivity contribution in [3.05, 3.63) is 0 Å². The van der Waals surface area contributed by atoms with Gasteiger partial charge in [-0.3, -0.25) is 0 Å². The van der Waals surface area contributed by atoms with E-state index in [1.807, 2.05) is 0 Å². The van der Waals surface area contributed by atoms with Crippen LogP contribution in [0, 0.1) is 5.41 Å². The smallest absolute Gasteiger partial charge is 0.0436 e. The standard InChI is InChI=1S/C13H27NO/c1-3-4-6-12(2)14-11-13(9-10-15)7-5-8-13/h12,14-15H,3-11H2,1-2H3. The number of hydrogen-bond acceptors (Lipinski definition) is 2. The highest BCUT2D eigenvalue weighted by Crippen LogP contribution is 2.43. The Hall–Kier alpha value is -0.0800. The van der Waals surface area contributed by atoms with E-state index in [1.165, 1.54) is 38.5 Å². The van der Waals surface area contributed by atoms with E-state index in [1.54, 1.807) is 0 Å². The molecule has 2 nitrogen and oxygen atoms in total. The number of aliphatic hydroxyl groups excluding tert-OH is 1. The van der Waals surface area contributed by atoms with Crippen molar-refractivity contribution in [2.24, 2.45) is 5.41 Å². The Morgan fingerprint density at radius 3 is 2.60 bits per heavy atom. The molecule has 0 aliphatic heterocycles. The zero-order valence-corrected chi connectivity index (χ0v) is 10.4. The molecule has 0 aromatic rings. The van der Waals surface area contributed by atoms with Crippen LogP contribution in [0.15, 0.2) is 0 Å². The fraction of sp³-hybridized carbons (Fsp3) is 1.00. The molecule has 2 N–H and O–H groups in total. The van der Waals surface area contributed by atoms with Crippen LogP contribution in [-0.4, -0.2) is 24.3 Å². The van der Waals surface area contributed by atoms with Gasteiger partial charge in [0.15, 0.2) is 0 Å². The summed E-state index contributed by atoms with van der Waals surface area (Å²) >= 11 is 0. The van der Waals surface area contributed by atoms with Gasteiger partial charge in [-0.05, 0) is 38.0 Å². The minimum Gasteiger partial charge on any atom is -0.396 e. The fourth-order valence-corrected chi connectivity index (χ4v) is 2.43. The molecule has 1 rings (SSSR count). The summed E-state index contributed by atoms with van der Waals surface area (Å²) in [5.41, 5.74) is 0.440. The van der Waals surface area contributed by atoms with Gasteiger partial charge in [0.25, 0.3) is 0 Å². The Kier molecular flexibility index (Phi) is 5.62. The van der Waals surface area contributed by atoms with E-state index in [4.69, 9.17) is 5.11 Å². The monoisotopic (exact) mass is 213 g/mol. The molecule has 0 amide bonds. The topological polar surface area (TPSA) is 32.3 Å². The number of rotatable bonds is 8. The Labute approximate surface area is 94.5 Å². The summed E-state index contributed by atoms with van der Waals surface area (Å²) in [5, 5.41) is 12.7. The van der Waals surface area contributed by atoms with E-state index in [9.17, 15) is 0 Å². The maximum atomic E-state index is 9.05. The molecule has 0 spiro atoms. The normalized spacial score (nSPS) is 21.0. The average Bonchev–Trinajstić information content (AvgIpc) is 2.18. The molecule has 1 fully saturated rings. The van der Waals surface area contributed by atoms with Gasteiger partial charge in [-0.15, -0.1) is 0 Å². The first kappa shape index (κ1) is 13.0. The van der Waals surface area contributed by atoms with Crippen LogP contribution < -0.4 is 5.32 Å². The number of aliphatic hydroxyl groups is 1. The van der Waals surface area contributed by atoms with Crippen molar-refractivity contribution < 1.29 is 5.11 Å². The summed E-state index contributed by atoms with van der Waals surface area (Å²) < 4.78 is 0. The van der Waals surface area contributed by atoms with E-state index in [-0.39, 0.29) is 0 Å². The molecule has 2 heteroatoms. The predicted octanol–water partition coefficient (Wildman–Crippen LogP) is 2.71. The van der Waals surface area contributed by atoms with Crippen molar-refractivity contribution in [1.29, 1.82) is 0 Å². The molecule has 0 aromatic carbocycles. The quantitative estimate of drug-likeness (QED) is 0.650. The minimum atomic E-state index is 0.352. The lowest BCUT2D eigenvalue weighted by Gasteiger charge is -2.42. The molecule has 1 saturated carbocycles. The molecule has 1 aliphatic rings. The van der Waals surface area contributed by atoms with Crippen molar-refractivity contribution in [2.45, 2.75) is 64.8 Å². The lowest BCUT2D eigenvalue weighted by molar-refractivity contribution is 0.0829. The van der Waals surface area contributed by atoms with Crippen molar-refractivity contribution >= 4 is 0 Å². The second-order valence-corrected chi connectivity index (χ2v) is 5.25. The van der Waals surface area contributed by atoms with E-state index < -0.39 is 0 Å². The Bertz CT molecular complexity index is 166. The third-order valence-electron chi connectivity index (χ3n) is 3.87. The summed E-state index contributed by atoms with van der Waals surface area (Å²) in [6.45, 7) is 5.98. The maximum absolute atomic E-state index is 9.05. The van der Waals surface area contributed by atoms with Crippen molar-refractivity contribution in [3.63, 3.8) is 0 Å². The Morgan fingerprint density at radius 1 is 1.40 bits per heavy atom. The average molecular weight is 213 g/mol. The molecule has 0 saturated heterocycles. The molecule has 0 aromatic heterocycles. The largest absolute Gasteiger partial charge is 0.396 e. The van der Waals surface area contributed by atoms with E-state index >= 15 is 0 Å². The van der Waals surface area contributed by atoms with Gasteiger partial charge in [0, 0.05) is 19.2 Å². The fourth-order valence-electron chi connectivity index (χ4n) is 2.43. The second-order valence-electron chi connectivity index (χ2n) is 5.25. The molecule has 0 heterocycles. The molecule has 1 unspecified atom stereocenters. The highest BCUT2D eigenvalue weighted by Gasteiger charge is 2.35. The van der Waals surface area contributed by atoms with Crippen LogP contribution in [0.4, 0.5) is 0 Å². The van der Waals surface area contributed by atoms with Gasteiger partial charge in [-0.25, -0.2) is 0 Å². The van der Waals surface area contributed by atoms with Crippen molar-refractivity contribution in [3.8, 4) is 0 Å². The number of hydrogen-bond donors (Lipinski definition) is 2. The van der Waals surface area contributed by atoms with Crippen molar-refractivity contribution in [1.82, 2.24) is 5.32 Å². The summed E-state index contributed by atoms with van der Waals surface area (Å²) in [6, 6.07) is 0.640. The zero-order chi connectivity index (χ0) is 11.1. The van der Waals surface area contributed by atoms with Gasteiger partial charge in [-0.2, -0.15) is 0 Å². The van der Waals surface area contributed by atoms with Crippen LogP contribution >= 0.6 is 0 Å². The van der Waals surface area contributed by atoms with Gasteiger partial charge in [-0.1, -0.05) is 26.2 Å². The van der Waals surface area contributed by atoms with E-state index in [2.05, 4.69) is 19.2 Å². The SMILES string of the molecule is CCCCC(C)NCC1(CCO)CCC1. The van der Waals surface area contributed by atoms with E-state index in [0.29, 0.717) is 18.1 Å². The van der Waals surface area contributed by atoms with Crippen LogP contribution in [0.5, 0.6) is 0 Å². The lowest BCUT2D eigenvalue weighted by atomic mass is 9.66. The minimum absolute atomic E-state index is 0.352. The van der Waals surface area contributed by atoms with Crippen LogP contribution in [0.25, 0.3) is 0 Å². The first-order valence-electron chi connectivity index (χ1n) is 6.57. The van der Waals surface area contributed by atoms with Crippen LogP contribution in [0.2, 0.25) is 0 Å². The van der Waals surface area contributed by atoms with Gasteiger partial charge in [0.1, 0.15) is 0 Å². The second kappa shape index (κ2) is 6.49. The molecule has 0 bridgehead atoms. The zero-order valence-electron chi connectivity index (χ0n) is 10.4. The molecule has 1 aliphatic carbocycles. The highest BCUT2D eigenvalue weighted by molar-refractivity contribution is 4.89. The molecule has 90 valence electrons. The Morgan fingerprint density at radius 2 is 2.13 bits per heavy atom. The predicted molar refractivity (Wildman–Crippen MR) is 65.0 cm³/mol. The summed E-state index contributed by atoms with van der Waals surface area (Å²) in [4.78, 5) is 0. The molecular weight excluding hydrogens is 186 g/mol. The van der Waals surface area contributed by atoms with Crippen LogP contribution in [0.3, 0.4) is 0 Å². The third kappa shape index (κ3) is 4.12. The Balaban J connectivity index is 2.16. The summed E-state index contributed by atoms with van der Waals surface area (Å²) in [5.74, 6) is 0. The third-order valence-corrected chi connectivity index (χ3v) is 3.87. The first-order chi connectivity index (χ1) is 7.22. The first-order valence-corrected chi connectivity index (χ1v) is 6.57. The number of nitrogens with one attached hydrogen (secondary N) is 1.